The lowest BCUT2D eigenvalue weighted by Crippen LogP contribution is -2.00. The Morgan fingerprint density at radius 2 is 1.96 bits per heavy atom. The average molecular weight is 343 g/mol. The van der Waals surface area contributed by atoms with Crippen molar-refractivity contribution in [1.29, 1.82) is 0 Å². The lowest BCUT2D eigenvalue weighted by atomic mass is 10.1. The van der Waals surface area contributed by atoms with Gasteiger partial charge in [-0.25, -0.2) is 0 Å². The normalized spacial score (nSPS) is 12.8. The molecule has 0 amide bonds. The molecule has 2 heterocycles. The number of aromatic nitrogens is 5. The van der Waals surface area contributed by atoms with Gasteiger partial charge < -0.3 is 4.52 Å². The van der Waals surface area contributed by atoms with Gasteiger partial charge in [0.05, 0.1) is 10.9 Å². The fourth-order valence-corrected chi connectivity index (χ4v) is 3.27. The van der Waals surface area contributed by atoms with Crippen molar-refractivity contribution in [2.75, 3.05) is 0 Å². The Morgan fingerprint density at radius 1 is 1.17 bits per heavy atom. The first kappa shape index (κ1) is 16.7. The van der Waals surface area contributed by atoms with Crippen LogP contribution in [0.5, 0.6) is 0 Å². The third-order valence-corrected chi connectivity index (χ3v) is 4.78. The fraction of sp³-hybridized carbons (Fsp3) is 0.412. The van der Waals surface area contributed by atoms with Crippen LogP contribution < -0.4 is 0 Å². The fourth-order valence-electron chi connectivity index (χ4n) is 2.40. The number of nitrogens with zero attached hydrogens (tertiary/aromatic N) is 5. The van der Waals surface area contributed by atoms with Gasteiger partial charge in [-0.2, -0.15) is 4.98 Å². The highest BCUT2D eigenvalue weighted by Gasteiger charge is 2.20. The monoisotopic (exact) mass is 343 g/mol. The van der Waals surface area contributed by atoms with Crippen LogP contribution >= 0.6 is 11.8 Å². The Morgan fingerprint density at radius 3 is 2.62 bits per heavy atom. The summed E-state index contributed by atoms with van der Waals surface area (Å²) < 4.78 is 7.38. The molecular weight excluding hydrogens is 322 g/mol. The molecular formula is C17H21N5OS. The predicted octanol–water partition coefficient (Wildman–Crippen LogP) is 4.24. The van der Waals surface area contributed by atoms with Gasteiger partial charge in [0, 0.05) is 5.92 Å². The maximum Gasteiger partial charge on any atom is 0.239 e. The van der Waals surface area contributed by atoms with Gasteiger partial charge in [0.2, 0.25) is 5.89 Å². The second-order valence-electron chi connectivity index (χ2n) is 6.18. The first-order valence-electron chi connectivity index (χ1n) is 7.93. The molecule has 24 heavy (non-hydrogen) atoms. The Hall–Kier alpha value is -2.15. The molecule has 3 rings (SSSR count). The van der Waals surface area contributed by atoms with Crippen molar-refractivity contribution in [2.45, 2.75) is 50.9 Å². The van der Waals surface area contributed by atoms with E-state index in [1.807, 2.05) is 25.3 Å². The summed E-state index contributed by atoms with van der Waals surface area (Å²) in [7, 11) is 0. The van der Waals surface area contributed by atoms with E-state index in [1.165, 1.54) is 11.1 Å². The summed E-state index contributed by atoms with van der Waals surface area (Å²) in [5, 5.41) is 13.1. The average Bonchev–Trinajstić information content (AvgIpc) is 3.16. The van der Waals surface area contributed by atoms with E-state index in [1.54, 1.807) is 18.1 Å². The van der Waals surface area contributed by atoms with E-state index in [0.29, 0.717) is 5.89 Å². The highest BCUT2D eigenvalue weighted by molar-refractivity contribution is 7.99. The molecule has 0 saturated heterocycles. The minimum atomic E-state index is -0.00120. The minimum Gasteiger partial charge on any atom is -0.338 e. The molecule has 1 atom stereocenters. The van der Waals surface area contributed by atoms with Crippen molar-refractivity contribution in [1.82, 2.24) is 24.9 Å². The van der Waals surface area contributed by atoms with E-state index >= 15 is 0 Å². The third kappa shape index (κ3) is 3.36. The number of aryl methyl sites for hydroxylation is 2. The lowest BCUT2D eigenvalue weighted by Gasteiger charge is -2.11. The van der Waals surface area contributed by atoms with Crippen molar-refractivity contribution >= 4 is 11.8 Å². The van der Waals surface area contributed by atoms with Gasteiger partial charge in [0.25, 0.3) is 0 Å². The van der Waals surface area contributed by atoms with E-state index in [0.717, 1.165) is 16.7 Å². The Kier molecular flexibility index (Phi) is 4.71. The standard InChI is InChI=1S/C17H21N5OS/c1-10(2)15-19-16(23-21-15)13(5)24-17-20-18-9-22(17)14-7-6-11(3)8-12(14)4/h6-10,13H,1-5H3. The summed E-state index contributed by atoms with van der Waals surface area (Å²) >= 11 is 1.56. The molecule has 1 unspecified atom stereocenters. The topological polar surface area (TPSA) is 69.6 Å². The van der Waals surface area contributed by atoms with Gasteiger partial charge in [0.15, 0.2) is 11.0 Å². The summed E-state index contributed by atoms with van der Waals surface area (Å²) in [6, 6.07) is 6.33. The van der Waals surface area contributed by atoms with Crippen molar-refractivity contribution in [3.63, 3.8) is 0 Å². The van der Waals surface area contributed by atoms with Gasteiger partial charge in [-0.05, 0) is 32.4 Å². The number of rotatable bonds is 5. The van der Waals surface area contributed by atoms with Crippen LogP contribution in [0.2, 0.25) is 0 Å². The predicted molar refractivity (Wildman–Crippen MR) is 93.5 cm³/mol. The second kappa shape index (κ2) is 6.76. The van der Waals surface area contributed by atoms with Gasteiger partial charge in [-0.3, -0.25) is 4.57 Å². The Balaban J connectivity index is 1.84. The second-order valence-corrected chi connectivity index (χ2v) is 7.49. The summed E-state index contributed by atoms with van der Waals surface area (Å²) in [5.41, 5.74) is 3.50. The summed E-state index contributed by atoms with van der Waals surface area (Å²) in [4.78, 5) is 4.47. The highest BCUT2D eigenvalue weighted by Crippen LogP contribution is 2.34. The van der Waals surface area contributed by atoms with Crippen LogP contribution in [-0.4, -0.2) is 24.9 Å². The molecule has 7 heteroatoms. The molecule has 0 radical (unpaired) electrons. The molecule has 0 spiro atoms. The quantitative estimate of drug-likeness (QED) is 0.645. The van der Waals surface area contributed by atoms with Crippen molar-refractivity contribution in [3.05, 3.63) is 47.4 Å². The largest absolute Gasteiger partial charge is 0.338 e. The molecule has 0 aliphatic carbocycles. The van der Waals surface area contributed by atoms with E-state index in [9.17, 15) is 0 Å². The van der Waals surface area contributed by atoms with Gasteiger partial charge in [-0.15, -0.1) is 10.2 Å². The molecule has 3 aromatic rings. The zero-order chi connectivity index (χ0) is 17.3. The van der Waals surface area contributed by atoms with Gasteiger partial charge in [-0.1, -0.05) is 48.5 Å². The smallest absolute Gasteiger partial charge is 0.239 e. The maximum atomic E-state index is 5.38. The van der Waals surface area contributed by atoms with E-state index in [4.69, 9.17) is 4.52 Å². The molecule has 0 fully saturated rings. The van der Waals surface area contributed by atoms with E-state index < -0.39 is 0 Å². The highest BCUT2D eigenvalue weighted by atomic mass is 32.2. The number of hydrogen-bond donors (Lipinski definition) is 0. The summed E-state index contributed by atoms with van der Waals surface area (Å²) in [6.07, 6.45) is 1.74. The lowest BCUT2D eigenvalue weighted by molar-refractivity contribution is 0.373. The number of benzene rings is 1. The Bertz CT molecular complexity index is 839. The van der Waals surface area contributed by atoms with Gasteiger partial charge >= 0.3 is 0 Å². The Labute approximate surface area is 145 Å². The van der Waals surface area contributed by atoms with Crippen LogP contribution in [0, 0.1) is 13.8 Å². The first-order chi connectivity index (χ1) is 11.5. The molecule has 0 aliphatic heterocycles. The van der Waals surface area contributed by atoms with Crippen LogP contribution in [0.3, 0.4) is 0 Å². The molecule has 0 N–H and O–H groups in total. The van der Waals surface area contributed by atoms with Crippen molar-refractivity contribution in [3.8, 4) is 5.69 Å². The summed E-state index contributed by atoms with van der Waals surface area (Å²) in [5.74, 6) is 1.59. The van der Waals surface area contributed by atoms with Crippen molar-refractivity contribution in [2.24, 2.45) is 0 Å². The zero-order valence-corrected chi connectivity index (χ0v) is 15.3. The zero-order valence-electron chi connectivity index (χ0n) is 14.5. The molecule has 0 aliphatic rings. The third-order valence-electron chi connectivity index (χ3n) is 3.73. The minimum absolute atomic E-state index is 0.00120. The number of thioether (sulfide) groups is 1. The van der Waals surface area contributed by atoms with Crippen LogP contribution in [0.1, 0.15) is 54.8 Å². The maximum absolute atomic E-state index is 5.38. The molecule has 2 aromatic heterocycles. The molecule has 126 valence electrons. The van der Waals surface area contributed by atoms with Crippen LogP contribution in [0.4, 0.5) is 0 Å². The molecule has 0 saturated carbocycles. The SMILES string of the molecule is Cc1ccc(-n2cnnc2SC(C)c2nc(C(C)C)no2)c(C)c1. The van der Waals surface area contributed by atoms with Crippen LogP contribution in [-0.2, 0) is 0 Å². The number of hydrogen-bond acceptors (Lipinski definition) is 6. The van der Waals surface area contributed by atoms with E-state index in [2.05, 4.69) is 52.4 Å². The first-order valence-corrected chi connectivity index (χ1v) is 8.81. The molecule has 1 aromatic carbocycles. The molecule has 6 nitrogen and oxygen atoms in total. The van der Waals surface area contributed by atoms with Crippen LogP contribution in [0.15, 0.2) is 34.2 Å². The van der Waals surface area contributed by atoms with Crippen LogP contribution in [0.25, 0.3) is 5.69 Å². The summed E-state index contributed by atoms with van der Waals surface area (Å²) in [6.45, 7) is 10.3. The molecule has 0 bridgehead atoms. The van der Waals surface area contributed by atoms with Crippen molar-refractivity contribution < 1.29 is 4.52 Å². The van der Waals surface area contributed by atoms with Gasteiger partial charge in [0.1, 0.15) is 6.33 Å². The van der Waals surface area contributed by atoms with E-state index in [-0.39, 0.29) is 11.2 Å².